The zero-order valence-corrected chi connectivity index (χ0v) is 13.2. The molecule has 2 saturated heterocycles. The van der Waals surface area contributed by atoms with Gasteiger partial charge in [-0.2, -0.15) is 5.26 Å². The van der Waals surface area contributed by atoms with E-state index in [2.05, 4.69) is 40.0 Å². The Kier molecular flexibility index (Phi) is 3.26. The molecule has 0 bridgehead atoms. The normalized spacial score (nSPS) is 27.4. The molecule has 2 atom stereocenters. The number of nitrogens with one attached hydrogen (secondary N) is 1. The maximum absolute atomic E-state index is 14.6. The number of hydrogen-bond donors (Lipinski definition) is 1. The van der Waals surface area contributed by atoms with E-state index in [0.717, 1.165) is 19.6 Å². The lowest BCUT2D eigenvalue weighted by Crippen LogP contribution is -2.45. The summed E-state index contributed by atoms with van der Waals surface area (Å²) in [4.78, 5) is 2.16. The number of nitriles is 1. The van der Waals surface area contributed by atoms with E-state index < -0.39 is 0 Å². The number of halogens is 2. The Morgan fingerprint density at radius 1 is 1.45 bits per heavy atom. The highest BCUT2D eigenvalue weighted by atomic mass is 79.9. The smallest absolute Gasteiger partial charge is 0.162 e. The molecule has 0 saturated carbocycles. The standard InChI is InChI=1S/C15H17BrFN3/c1-15(2)11-7-19-6-10(11)8-20(15)12-4-3-9(5-18)13(16)14(12)17/h3-4,10-11,19H,6-8H2,1-2H3. The van der Waals surface area contributed by atoms with Crippen molar-refractivity contribution in [3.05, 3.63) is 28.0 Å². The number of hydrogen-bond acceptors (Lipinski definition) is 3. The molecule has 0 spiro atoms. The predicted molar refractivity (Wildman–Crippen MR) is 80.1 cm³/mol. The molecule has 0 aliphatic carbocycles. The SMILES string of the molecule is CC1(C)C2CNCC2CN1c1ccc(C#N)c(Br)c1F. The van der Waals surface area contributed by atoms with Gasteiger partial charge in [-0.15, -0.1) is 0 Å². The minimum atomic E-state index is -0.329. The summed E-state index contributed by atoms with van der Waals surface area (Å²) >= 11 is 3.20. The van der Waals surface area contributed by atoms with E-state index in [0.29, 0.717) is 23.1 Å². The zero-order valence-electron chi connectivity index (χ0n) is 11.6. The fourth-order valence-electron chi connectivity index (χ4n) is 3.66. The van der Waals surface area contributed by atoms with Crippen molar-refractivity contribution in [2.75, 3.05) is 24.5 Å². The molecule has 106 valence electrons. The number of fused-ring (bicyclic) bond motifs is 1. The van der Waals surface area contributed by atoms with Crippen LogP contribution in [0.25, 0.3) is 0 Å². The van der Waals surface area contributed by atoms with E-state index in [9.17, 15) is 4.39 Å². The van der Waals surface area contributed by atoms with E-state index in [1.165, 1.54) is 0 Å². The first-order chi connectivity index (χ1) is 9.46. The van der Waals surface area contributed by atoms with Gasteiger partial charge < -0.3 is 10.2 Å². The van der Waals surface area contributed by atoms with Crippen molar-refractivity contribution in [1.29, 1.82) is 5.26 Å². The van der Waals surface area contributed by atoms with Crippen LogP contribution in [0.2, 0.25) is 0 Å². The third-order valence-corrected chi connectivity index (χ3v) is 5.61. The van der Waals surface area contributed by atoms with Crippen LogP contribution < -0.4 is 10.2 Å². The van der Waals surface area contributed by atoms with Crippen LogP contribution in [-0.2, 0) is 0 Å². The van der Waals surface area contributed by atoms with Crippen LogP contribution in [-0.4, -0.2) is 25.2 Å². The molecule has 2 aliphatic rings. The lowest BCUT2D eigenvalue weighted by Gasteiger charge is -2.37. The third-order valence-electron chi connectivity index (χ3n) is 4.83. The van der Waals surface area contributed by atoms with Crippen LogP contribution in [0.4, 0.5) is 10.1 Å². The largest absolute Gasteiger partial charge is 0.363 e. The molecule has 1 aromatic carbocycles. The Morgan fingerprint density at radius 2 is 2.20 bits per heavy atom. The van der Waals surface area contributed by atoms with Gasteiger partial charge in [-0.3, -0.25) is 0 Å². The summed E-state index contributed by atoms with van der Waals surface area (Å²) in [6.07, 6.45) is 0. The quantitative estimate of drug-likeness (QED) is 0.856. The van der Waals surface area contributed by atoms with Gasteiger partial charge in [-0.1, -0.05) is 0 Å². The zero-order chi connectivity index (χ0) is 14.5. The molecule has 2 heterocycles. The summed E-state index contributed by atoms with van der Waals surface area (Å²) in [5, 5.41) is 12.4. The van der Waals surface area contributed by atoms with Crippen molar-refractivity contribution in [3.63, 3.8) is 0 Å². The third kappa shape index (κ3) is 1.86. The summed E-state index contributed by atoms with van der Waals surface area (Å²) < 4.78 is 14.8. The maximum atomic E-state index is 14.6. The molecular formula is C15H17BrFN3. The summed E-state index contributed by atoms with van der Waals surface area (Å²) in [6.45, 7) is 7.21. The second-order valence-corrected chi connectivity index (χ2v) is 6.95. The highest BCUT2D eigenvalue weighted by molar-refractivity contribution is 9.10. The average Bonchev–Trinajstić information content (AvgIpc) is 2.96. The van der Waals surface area contributed by atoms with Crippen molar-refractivity contribution in [1.82, 2.24) is 5.32 Å². The minimum absolute atomic E-state index is 0.0807. The van der Waals surface area contributed by atoms with Gasteiger partial charge in [-0.25, -0.2) is 4.39 Å². The van der Waals surface area contributed by atoms with E-state index in [4.69, 9.17) is 5.26 Å². The fourth-order valence-corrected chi connectivity index (χ4v) is 4.09. The number of rotatable bonds is 1. The molecule has 3 nitrogen and oxygen atoms in total. The molecule has 2 unspecified atom stereocenters. The first-order valence-corrected chi connectivity index (χ1v) is 7.62. The summed E-state index contributed by atoms with van der Waals surface area (Å²) in [7, 11) is 0. The summed E-state index contributed by atoms with van der Waals surface area (Å²) in [5.41, 5.74) is 0.850. The van der Waals surface area contributed by atoms with Crippen LogP contribution in [0, 0.1) is 29.0 Å². The lowest BCUT2D eigenvalue weighted by atomic mass is 9.84. The molecule has 2 fully saturated rings. The van der Waals surface area contributed by atoms with Gasteiger partial charge in [0.25, 0.3) is 0 Å². The second-order valence-electron chi connectivity index (χ2n) is 6.16. The van der Waals surface area contributed by atoms with Gasteiger partial charge in [0.2, 0.25) is 0 Å². The molecule has 3 rings (SSSR count). The highest BCUT2D eigenvalue weighted by Gasteiger charge is 2.50. The number of nitrogens with zero attached hydrogens (tertiary/aromatic N) is 2. The van der Waals surface area contributed by atoms with Crippen molar-refractivity contribution in [3.8, 4) is 6.07 Å². The van der Waals surface area contributed by atoms with Crippen LogP contribution in [0.1, 0.15) is 19.4 Å². The number of benzene rings is 1. The van der Waals surface area contributed by atoms with Crippen LogP contribution >= 0.6 is 15.9 Å². The Bertz CT molecular complexity index is 594. The molecule has 1 N–H and O–H groups in total. The molecule has 2 aliphatic heterocycles. The lowest BCUT2D eigenvalue weighted by molar-refractivity contribution is 0.355. The van der Waals surface area contributed by atoms with E-state index in [1.54, 1.807) is 12.1 Å². The van der Waals surface area contributed by atoms with Gasteiger partial charge in [0.05, 0.1) is 15.7 Å². The minimum Gasteiger partial charge on any atom is -0.363 e. The topological polar surface area (TPSA) is 39.1 Å². The van der Waals surface area contributed by atoms with Crippen molar-refractivity contribution in [2.24, 2.45) is 11.8 Å². The van der Waals surface area contributed by atoms with Crippen LogP contribution in [0.3, 0.4) is 0 Å². The summed E-state index contributed by atoms with van der Waals surface area (Å²) in [6, 6.07) is 5.42. The Labute approximate surface area is 126 Å². The molecule has 0 amide bonds. The van der Waals surface area contributed by atoms with Crippen molar-refractivity contribution >= 4 is 21.6 Å². The monoisotopic (exact) mass is 337 g/mol. The fraction of sp³-hybridized carbons (Fsp3) is 0.533. The van der Waals surface area contributed by atoms with Gasteiger partial charge in [0.1, 0.15) is 6.07 Å². The van der Waals surface area contributed by atoms with Crippen LogP contribution in [0.15, 0.2) is 16.6 Å². The predicted octanol–water partition coefficient (Wildman–Crippen LogP) is 2.89. The molecule has 0 radical (unpaired) electrons. The van der Waals surface area contributed by atoms with Crippen LogP contribution in [0.5, 0.6) is 0 Å². The molecule has 0 aromatic heterocycles. The Balaban J connectivity index is 2.03. The summed E-state index contributed by atoms with van der Waals surface area (Å²) in [5.74, 6) is 0.778. The molecule has 1 aromatic rings. The Morgan fingerprint density at radius 3 is 2.85 bits per heavy atom. The Hall–Kier alpha value is -1.12. The van der Waals surface area contributed by atoms with Gasteiger partial charge in [-0.05, 0) is 53.7 Å². The molecular weight excluding hydrogens is 321 g/mol. The molecule has 20 heavy (non-hydrogen) atoms. The van der Waals surface area contributed by atoms with E-state index in [-0.39, 0.29) is 15.8 Å². The molecule has 5 heteroatoms. The van der Waals surface area contributed by atoms with E-state index in [1.807, 2.05) is 6.07 Å². The second kappa shape index (κ2) is 4.71. The van der Waals surface area contributed by atoms with Crippen molar-refractivity contribution in [2.45, 2.75) is 19.4 Å². The van der Waals surface area contributed by atoms with Crippen molar-refractivity contribution < 1.29 is 4.39 Å². The first-order valence-electron chi connectivity index (χ1n) is 6.83. The first kappa shape index (κ1) is 13.8. The maximum Gasteiger partial charge on any atom is 0.162 e. The van der Waals surface area contributed by atoms with Gasteiger partial charge >= 0.3 is 0 Å². The van der Waals surface area contributed by atoms with Gasteiger partial charge in [0, 0.05) is 25.2 Å². The number of anilines is 1. The highest BCUT2D eigenvalue weighted by Crippen LogP contribution is 2.44. The average molecular weight is 338 g/mol. The van der Waals surface area contributed by atoms with E-state index >= 15 is 0 Å². The van der Waals surface area contributed by atoms with Gasteiger partial charge in [0.15, 0.2) is 5.82 Å².